The van der Waals surface area contributed by atoms with Gasteiger partial charge in [-0.15, -0.1) is 0 Å². The maximum atomic E-state index is 13.3. The summed E-state index contributed by atoms with van der Waals surface area (Å²) in [6.07, 6.45) is 3.63. The summed E-state index contributed by atoms with van der Waals surface area (Å²) in [4.78, 5) is 23.1. The minimum atomic E-state index is -0.533. The summed E-state index contributed by atoms with van der Waals surface area (Å²) < 4.78 is 6.57. The molecule has 3 N–H and O–H groups in total. The minimum Gasteiger partial charge on any atom is -0.481 e. The zero-order valence-electron chi connectivity index (χ0n) is 20.1. The van der Waals surface area contributed by atoms with Crippen molar-refractivity contribution in [3.63, 3.8) is 0 Å². The van der Waals surface area contributed by atoms with Gasteiger partial charge >= 0.3 is 0 Å². The van der Waals surface area contributed by atoms with Crippen molar-refractivity contribution in [1.29, 1.82) is 0 Å². The van der Waals surface area contributed by atoms with Gasteiger partial charge in [0.05, 0.1) is 25.5 Å². The van der Waals surface area contributed by atoms with Crippen LogP contribution in [0.3, 0.4) is 0 Å². The molecule has 2 unspecified atom stereocenters. The maximum absolute atomic E-state index is 13.3. The standard InChI is InChI=1S/C28H28Cl2N4O3/c29-22-10-7-19(8-11-22)27(24-5-1-2-6-25(24)30)37-26-12-9-20(14-21(26)15-32-18-33-17-31)28(36)34-13-3-4-23(34)16-35/h1-2,5-12,14,17-18,23,27,35H,3-4,13,15-16H2,(H2,31,32,33). The number of rotatable bonds is 9. The molecule has 1 saturated heterocycles. The van der Waals surface area contributed by atoms with Gasteiger partial charge in [-0.1, -0.05) is 53.5 Å². The van der Waals surface area contributed by atoms with Crippen molar-refractivity contribution < 1.29 is 14.6 Å². The van der Waals surface area contributed by atoms with Crippen LogP contribution in [0.4, 0.5) is 0 Å². The number of carbonyl (C=O) groups excluding carboxylic acids is 1. The number of hydrogen-bond donors (Lipinski definition) is 2. The molecule has 9 heteroatoms. The van der Waals surface area contributed by atoms with Crippen molar-refractivity contribution in [2.24, 2.45) is 15.7 Å². The lowest BCUT2D eigenvalue weighted by Gasteiger charge is -2.25. The molecule has 4 rings (SSSR count). The highest BCUT2D eigenvalue weighted by atomic mass is 35.5. The zero-order chi connectivity index (χ0) is 26.2. The van der Waals surface area contributed by atoms with Crippen LogP contribution in [0, 0.1) is 0 Å². The summed E-state index contributed by atoms with van der Waals surface area (Å²) in [5.41, 5.74) is 8.16. The average molecular weight is 539 g/mol. The molecule has 0 saturated carbocycles. The second kappa shape index (κ2) is 12.7. The van der Waals surface area contributed by atoms with E-state index in [4.69, 9.17) is 33.7 Å². The first-order chi connectivity index (χ1) is 18.0. The van der Waals surface area contributed by atoms with E-state index in [0.29, 0.717) is 33.5 Å². The van der Waals surface area contributed by atoms with E-state index in [-0.39, 0.29) is 25.1 Å². The van der Waals surface area contributed by atoms with Gasteiger partial charge in [-0.25, -0.2) is 4.99 Å². The molecule has 3 aromatic carbocycles. The topological polar surface area (TPSA) is 101 Å². The van der Waals surface area contributed by atoms with Crippen LogP contribution in [0.5, 0.6) is 5.75 Å². The summed E-state index contributed by atoms with van der Waals surface area (Å²) in [6.45, 7) is 0.779. The molecule has 0 spiro atoms. The Bertz CT molecular complexity index is 1280. The highest BCUT2D eigenvalue weighted by Crippen LogP contribution is 2.35. The Kier molecular flexibility index (Phi) is 9.17. The lowest BCUT2D eigenvalue weighted by Crippen LogP contribution is -2.37. The van der Waals surface area contributed by atoms with Gasteiger partial charge in [0.25, 0.3) is 5.91 Å². The first-order valence-corrected chi connectivity index (χ1v) is 12.7. The largest absolute Gasteiger partial charge is 0.481 e. The van der Waals surface area contributed by atoms with E-state index in [1.807, 2.05) is 36.4 Å². The predicted molar refractivity (Wildman–Crippen MR) is 148 cm³/mol. The highest BCUT2D eigenvalue weighted by Gasteiger charge is 2.29. The first kappa shape index (κ1) is 26.7. The van der Waals surface area contributed by atoms with Crippen LogP contribution in [-0.2, 0) is 6.54 Å². The van der Waals surface area contributed by atoms with E-state index in [0.717, 1.165) is 30.3 Å². The molecule has 7 nitrogen and oxygen atoms in total. The van der Waals surface area contributed by atoms with Crippen LogP contribution in [0.1, 0.15) is 46.0 Å². The average Bonchev–Trinajstić information content (AvgIpc) is 3.40. The Hall–Kier alpha value is -3.39. The number of nitrogens with two attached hydrogens (primary N) is 1. The molecule has 0 aromatic heterocycles. The molecule has 37 heavy (non-hydrogen) atoms. The van der Waals surface area contributed by atoms with Gasteiger partial charge in [0.2, 0.25) is 0 Å². The fourth-order valence-corrected chi connectivity index (χ4v) is 4.76. The molecule has 192 valence electrons. The maximum Gasteiger partial charge on any atom is 0.254 e. The van der Waals surface area contributed by atoms with Crippen LogP contribution in [-0.4, -0.2) is 47.8 Å². The van der Waals surface area contributed by atoms with Gasteiger partial charge < -0.3 is 20.5 Å². The van der Waals surface area contributed by atoms with Crippen LogP contribution in [0.25, 0.3) is 0 Å². The minimum absolute atomic E-state index is 0.0538. The molecule has 2 atom stereocenters. The fraction of sp³-hybridized carbons (Fsp3) is 0.250. The third-order valence-corrected chi connectivity index (χ3v) is 6.85. The van der Waals surface area contributed by atoms with E-state index >= 15 is 0 Å². The lowest BCUT2D eigenvalue weighted by molar-refractivity contribution is 0.0677. The van der Waals surface area contributed by atoms with Crippen LogP contribution >= 0.6 is 23.2 Å². The van der Waals surface area contributed by atoms with Gasteiger partial charge in [-0.2, -0.15) is 0 Å². The van der Waals surface area contributed by atoms with Crippen LogP contribution < -0.4 is 10.5 Å². The monoisotopic (exact) mass is 538 g/mol. The lowest BCUT2D eigenvalue weighted by atomic mass is 10.0. The molecule has 1 amide bonds. The molecule has 0 radical (unpaired) electrons. The number of likely N-dealkylation sites (tertiary alicyclic amines) is 1. The van der Waals surface area contributed by atoms with Crippen LogP contribution in [0.2, 0.25) is 10.0 Å². The molecule has 0 bridgehead atoms. The summed E-state index contributed by atoms with van der Waals surface area (Å²) in [6, 6.07) is 20.0. The number of aliphatic hydroxyl groups is 1. The predicted octanol–water partition coefficient (Wildman–Crippen LogP) is 5.27. The molecule has 1 fully saturated rings. The van der Waals surface area contributed by atoms with Crippen LogP contribution in [0.15, 0.2) is 76.7 Å². The van der Waals surface area contributed by atoms with E-state index in [2.05, 4.69) is 9.98 Å². The molecule has 1 heterocycles. The number of carbonyl (C=O) groups is 1. The van der Waals surface area contributed by atoms with Crippen molar-refractivity contribution in [2.45, 2.75) is 31.5 Å². The first-order valence-electron chi connectivity index (χ1n) is 11.9. The normalized spacial score (nSPS) is 16.5. The molecule has 3 aromatic rings. The van der Waals surface area contributed by atoms with E-state index < -0.39 is 6.10 Å². The smallest absolute Gasteiger partial charge is 0.254 e. The van der Waals surface area contributed by atoms with Crippen molar-refractivity contribution in [1.82, 2.24) is 4.90 Å². The second-order valence-electron chi connectivity index (χ2n) is 8.62. The Morgan fingerprint density at radius 1 is 1.16 bits per heavy atom. The van der Waals surface area contributed by atoms with Gasteiger partial charge in [0.15, 0.2) is 6.10 Å². The highest BCUT2D eigenvalue weighted by molar-refractivity contribution is 6.31. The summed E-state index contributed by atoms with van der Waals surface area (Å²) in [7, 11) is 0. The number of aliphatic hydroxyl groups excluding tert-OH is 1. The van der Waals surface area contributed by atoms with Gasteiger partial charge in [0, 0.05) is 33.3 Å². The van der Waals surface area contributed by atoms with Crippen molar-refractivity contribution in [3.8, 4) is 5.75 Å². The second-order valence-corrected chi connectivity index (χ2v) is 9.47. The third kappa shape index (κ3) is 6.49. The molecular formula is C28H28Cl2N4O3. The number of nitrogens with zero attached hydrogens (tertiary/aromatic N) is 3. The summed E-state index contributed by atoms with van der Waals surface area (Å²) in [5.74, 6) is 0.416. The third-order valence-electron chi connectivity index (χ3n) is 6.26. The number of amides is 1. The number of aliphatic imine (C=N–C) groups is 2. The van der Waals surface area contributed by atoms with Gasteiger partial charge in [0.1, 0.15) is 12.1 Å². The zero-order valence-corrected chi connectivity index (χ0v) is 21.6. The van der Waals surface area contributed by atoms with Crippen molar-refractivity contribution >= 4 is 41.8 Å². The summed E-state index contributed by atoms with van der Waals surface area (Å²) in [5, 5.41) is 10.9. The Morgan fingerprint density at radius 3 is 2.68 bits per heavy atom. The van der Waals surface area contributed by atoms with Crippen molar-refractivity contribution in [2.75, 3.05) is 13.2 Å². The van der Waals surface area contributed by atoms with Gasteiger partial charge in [-0.3, -0.25) is 9.79 Å². The Labute approximate surface area is 226 Å². The fourth-order valence-electron chi connectivity index (χ4n) is 4.40. The molecule has 1 aliphatic rings. The molecule has 1 aliphatic heterocycles. The van der Waals surface area contributed by atoms with Gasteiger partial charge in [-0.05, 0) is 54.8 Å². The SMILES string of the molecule is NC=NC=NCc1cc(C(=O)N2CCCC2CO)ccc1OC(c1ccc(Cl)cc1)c1ccccc1Cl. The summed E-state index contributed by atoms with van der Waals surface area (Å²) >= 11 is 12.7. The van der Waals surface area contributed by atoms with E-state index in [9.17, 15) is 9.90 Å². The number of ether oxygens (including phenoxy) is 1. The number of halogens is 2. The van der Waals surface area contributed by atoms with E-state index in [1.54, 1.807) is 35.2 Å². The molecular weight excluding hydrogens is 511 g/mol. The van der Waals surface area contributed by atoms with E-state index in [1.165, 1.54) is 6.34 Å². The quantitative estimate of drug-likeness (QED) is 0.286. The number of benzene rings is 3. The number of hydrogen-bond acceptors (Lipinski definition) is 4. The molecule has 0 aliphatic carbocycles. The Balaban J connectivity index is 1.72. The van der Waals surface area contributed by atoms with Crippen molar-refractivity contribution in [3.05, 3.63) is 99.0 Å². The Morgan fingerprint density at radius 2 is 1.95 bits per heavy atom.